The molecule has 0 aliphatic rings. The molecule has 0 amide bonds. The minimum Gasteiger partial charge on any atom is -0.0985 e. The molecule has 2 aromatic rings. The van der Waals surface area contributed by atoms with Gasteiger partial charge >= 0.3 is 0 Å². The lowest BCUT2D eigenvalue weighted by Gasteiger charge is -2.02. The first-order valence-electron chi connectivity index (χ1n) is 8.11. The average Bonchev–Trinajstić information content (AvgIpc) is 2.59. The fraction of sp³-hybridized carbons (Fsp3) is 0.217. The molecule has 0 aliphatic carbocycles. The Morgan fingerprint density at radius 2 is 1.43 bits per heavy atom. The van der Waals surface area contributed by atoms with Crippen molar-refractivity contribution in [3.63, 3.8) is 0 Å². The molecular formula is C23H22. The van der Waals surface area contributed by atoms with Crippen LogP contribution in [0, 0.1) is 30.6 Å². The summed E-state index contributed by atoms with van der Waals surface area (Å²) in [4.78, 5) is 0. The third kappa shape index (κ3) is 5.90. The van der Waals surface area contributed by atoms with Crippen molar-refractivity contribution < 1.29 is 0 Å². The fourth-order valence-corrected chi connectivity index (χ4v) is 2.10. The van der Waals surface area contributed by atoms with Crippen molar-refractivity contribution in [1.82, 2.24) is 0 Å². The van der Waals surface area contributed by atoms with Crippen LogP contribution in [0.5, 0.6) is 0 Å². The van der Waals surface area contributed by atoms with Gasteiger partial charge in [-0.2, -0.15) is 0 Å². The molecule has 0 aromatic heterocycles. The zero-order chi connectivity index (χ0) is 16.3. The van der Waals surface area contributed by atoms with Gasteiger partial charge in [-0.15, -0.1) is 0 Å². The van der Waals surface area contributed by atoms with E-state index in [0.29, 0.717) is 0 Å². The highest BCUT2D eigenvalue weighted by Crippen LogP contribution is 2.19. The van der Waals surface area contributed by atoms with E-state index in [1.54, 1.807) is 0 Å². The van der Waals surface area contributed by atoms with Crippen LogP contribution in [0.4, 0.5) is 0 Å². The maximum absolute atomic E-state index is 3.13. The van der Waals surface area contributed by atoms with Gasteiger partial charge in [0.1, 0.15) is 0 Å². The molecule has 2 aromatic carbocycles. The highest BCUT2D eigenvalue weighted by Gasteiger charge is 1.96. The van der Waals surface area contributed by atoms with E-state index < -0.39 is 0 Å². The smallest absolute Gasteiger partial charge is 0.0249 e. The van der Waals surface area contributed by atoms with Crippen LogP contribution in [0.15, 0.2) is 60.7 Å². The highest BCUT2D eigenvalue weighted by molar-refractivity contribution is 5.64. The average molecular weight is 298 g/mol. The Bertz CT molecular complexity index is 751. The number of hydrogen-bond acceptors (Lipinski definition) is 0. The zero-order valence-electron chi connectivity index (χ0n) is 13.9. The molecule has 23 heavy (non-hydrogen) atoms. The summed E-state index contributed by atoms with van der Waals surface area (Å²) in [5.74, 6) is 12.3. The summed E-state index contributed by atoms with van der Waals surface area (Å²) in [5.41, 5.74) is 4.75. The van der Waals surface area contributed by atoms with Crippen LogP contribution in [-0.4, -0.2) is 0 Å². The Labute approximate surface area is 140 Å². The number of hydrogen-bond donors (Lipinski definition) is 0. The Morgan fingerprint density at radius 3 is 2.09 bits per heavy atom. The van der Waals surface area contributed by atoms with Crippen LogP contribution >= 0.6 is 0 Å². The molecule has 0 aliphatic heterocycles. The molecule has 0 radical (unpaired) electrons. The summed E-state index contributed by atoms with van der Waals surface area (Å²) >= 11 is 0. The maximum Gasteiger partial charge on any atom is 0.0249 e. The predicted molar refractivity (Wildman–Crippen MR) is 99.9 cm³/mol. The second kappa shape index (κ2) is 9.34. The zero-order valence-corrected chi connectivity index (χ0v) is 13.9. The minimum absolute atomic E-state index is 0.967. The van der Waals surface area contributed by atoms with Gasteiger partial charge in [-0.3, -0.25) is 0 Å². The summed E-state index contributed by atoms with van der Waals surface area (Å²) < 4.78 is 0. The van der Waals surface area contributed by atoms with Gasteiger partial charge in [-0.05, 0) is 48.8 Å². The van der Waals surface area contributed by atoms with Crippen molar-refractivity contribution in [3.05, 3.63) is 71.8 Å². The molecule has 0 saturated carbocycles. The normalized spacial score (nSPS) is 9.83. The lowest BCUT2D eigenvalue weighted by atomic mass is 10.0. The number of unbranched alkanes of at least 4 members (excludes halogenated alkanes) is 2. The van der Waals surface area contributed by atoms with Gasteiger partial charge in [0.05, 0.1) is 0 Å². The van der Waals surface area contributed by atoms with Crippen LogP contribution in [0.2, 0.25) is 0 Å². The molecule has 0 saturated heterocycles. The monoisotopic (exact) mass is 298 g/mol. The lowest BCUT2D eigenvalue weighted by Crippen LogP contribution is -1.79. The summed E-state index contributed by atoms with van der Waals surface area (Å²) in [6.07, 6.45) is 6.96. The van der Waals surface area contributed by atoms with Gasteiger partial charge in [0.25, 0.3) is 0 Å². The lowest BCUT2D eigenvalue weighted by molar-refractivity contribution is 0.828. The van der Waals surface area contributed by atoms with Crippen molar-refractivity contribution in [1.29, 1.82) is 0 Å². The molecule has 114 valence electrons. The van der Waals surface area contributed by atoms with Gasteiger partial charge in [-0.1, -0.05) is 79.0 Å². The first-order chi connectivity index (χ1) is 11.3. The van der Waals surface area contributed by atoms with E-state index in [4.69, 9.17) is 0 Å². The van der Waals surface area contributed by atoms with E-state index in [1.165, 1.54) is 29.5 Å². The van der Waals surface area contributed by atoms with E-state index in [2.05, 4.69) is 86.1 Å². The van der Waals surface area contributed by atoms with E-state index in [-0.39, 0.29) is 0 Å². The molecule has 0 unspecified atom stereocenters. The number of aryl methyl sites for hydroxylation is 1. The summed E-state index contributed by atoms with van der Waals surface area (Å²) in [6, 6.07) is 16.9. The number of benzene rings is 2. The van der Waals surface area contributed by atoms with E-state index in [9.17, 15) is 0 Å². The summed E-state index contributed by atoms with van der Waals surface area (Å²) in [7, 11) is 0. The van der Waals surface area contributed by atoms with Gasteiger partial charge in [0.15, 0.2) is 0 Å². The molecule has 0 atom stereocenters. The van der Waals surface area contributed by atoms with E-state index in [1.807, 2.05) is 12.2 Å². The molecule has 0 fully saturated rings. The van der Waals surface area contributed by atoms with Crippen LogP contribution in [0.3, 0.4) is 0 Å². The first-order valence-corrected chi connectivity index (χ1v) is 8.11. The Hall–Kier alpha value is -2.70. The SMILES string of the molecule is CCCCC#CC=CC#Cc1ccc(-c2ccc(C)cc2)cc1. The minimum atomic E-state index is 0.967. The molecule has 0 spiro atoms. The van der Waals surface area contributed by atoms with Gasteiger partial charge in [0.2, 0.25) is 0 Å². The van der Waals surface area contributed by atoms with Crippen LogP contribution in [-0.2, 0) is 0 Å². The highest BCUT2D eigenvalue weighted by atomic mass is 14.0. The molecule has 2 rings (SSSR count). The standard InChI is InChI=1S/C23H22/c1-3-4-5-6-7-8-9-10-11-21-14-18-23(19-15-21)22-16-12-20(2)13-17-22/h8-9,12-19H,3-5H2,1-2H3. The number of allylic oxidation sites excluding steroid dienone is 2. The number of rotatable bonds is 3. The second-order valence-corrected chi connectivity index (χ2v) is 5.47. The fourth-order valence-electron chi connectivity index (χ4n) is 2.10. The maximum atomic E-state index is 3.13. The third-order valence-corrected chi connectivity index (χ3v) is 3.49. The van der Waals surface area contributed by atoms with Crippen molar-refractivity contribution in [2.45, 2.75) is 33.1 Å². The predicted octanol–water partition coefficient (Wildman–Crippen LogP) is 5.76. The van der Waals surface area contributed by atoms with Gasteiger partial charge in [-0.25, -0.2) is 0 Å². The molecule has 0 heterocycles. The quantitative estimate of drug-likeness (QED) is 0.499. The van der Waals surface area contributed by atoms with Crippen molar-refractivity contribution >= 4 is 0 Å². The largest absolute Gasteiger partial charge is 0.0985 e. The molecular weight excluding hydrogens is 276 g/mol. The molecule has 0 bridgehead atoms. The third-order valence-electron chi connectivity index (χ3n) is 3.49. The molecule has 0 nitrogen and oxygen atoms in total. The van der Waals surface area contributed by atoms with Crippen molar-refractivity contribution in [2.24, 2.45) is 0 Å². The van der Waals surface area contributed by atoms with Crippen LogP contribution < -0.4 is 0 Å². The first kappa shape index (κ1) is 16.7. The van der Waals surface area contributed by atoms with Gasteiger partial charge < -0.3 is 0 Å². The van der Waals surface area contributed by atoms with Crippen LogP contribution in [0.25, 0.3) is 11.1 Å². The van der Waals surface area contributed by atoms with E-state index >= 15 is 0 Å². The van der Waals surface area contributed by atoms with Crippen molar-refractivity contribution in [3.8, 4) is 34.8 Å². The van der Waals surface area contributed by atoms with Crippen molar-refractivity contribution in [2.75, 3.05) is 0 Å². The summed E-state index contributed by atoms with van der Waals surface area (Å²) in [5, 5.41) is 0. The molecule has 0 N–H and O–H groups in total. The molecule has 0 heteroatoms. The second-order valence-electron chi connectivity index (χ2n) is 5.47. The Kier molecular flexibility index (Phi) is 6.77. The Morgan fingerprint density at radius 1 is 0.826 bits per heavy atom. The Balaban J connectivity index is 1.95. The van der Waals surface area contributed by atoms with Gasteiger partial charge in [0, 0.05) is 12.0 Å². The van der Waals surface area contributed by atoms with Crippen LogP contribution in [0.1, 0.15) is 37.3 Å². The van der Waals surface area contributed by atoms with E-state index in [0.717, 1.165) is 12.0 Å². The summed E-state index contributed by atoms with van der Waals surface area (Å²) in [6.45, 7) is 4.28. The topological polar surface area (TPSA) is 0 Å².